The average Bonchev–Trinajstić information content (AvgIpc) is 3.07. The van der Waals surface area contributed by atoms with E-state index in [0.717, 1.165) is 42.5 Å². The smallest absolute Gasteiger partial charge is 0.172 e. The quantitative estimate of drug-likeness (QED) is 0.848. The highest BCUT2D eigenvalue weighted by molar-refractivity contribution is 5.90. The van der Waals surface area contributed by atoms with Crippen LogP contribution in [-0.2, 0) is 23.0 Å². The molecular formula is C17H22N2O2. The molecule has 0 aliphatic heterocycles. The van der Waals surface area contributed by atoms with E-state index < -0.39 is 5.60 Å². The molecule has 1 aliphatic carbocycles. The first-order chi connectivity index (χ1) is 10.2. The SMILES string of the molecule is CCOC1(C(=O)Cc2nc3ccccc3n2C)CCCC1. The molecule has 0 saturated heterocycles. The number of para-hydroxylation sites is 2. The van der Waals surface area contributed by atoms with Gasteiger partial charge in [0, 0.05) is 13.7 Å². The van der Waals surface area contributed by atoms with Gasteiger partial charge in [0.05, 0.1) is 17.5 Å². The molecule has 3 rings (SSSR count). The maximum absolute atomic E-state index is 12.8. The monoisotopic (exact) mass is 286 g/mol. The van der Waals surface area contributed by atoms with Crippen LogP contribution in [0, 0.1) is 0 Å². The van der Waals surface area contributed by atoms with Gasteiger partial charge in [-0.2, -0.15) is 0 Å². The van der Waals surface area contributed by atoms with Crippen molar-refractivity contribution in [2.75, 3.05) is 6.61 Å². The van der Waals surface area contributed by atoms with Crippen molar-refractivity contribution in [2.24, 2.45) is 7.05 Å². The molecule has 0 radical (unpaired) electrons. The lowest BCUT2D eigenvalue weighted by atomic mass is 9.93. The molecule has 1 aromatic heterocycles. The van der Waals surface area contributed by atoms with Crippen LogP contribution in [0.25, 0.3) is 11.0 Å². The number of nitrogens with zero attached hydrogens (tertiary/aromatic N) is 2. The number of hydrogen-bond acceptors (Lipinski definition) is 3. The Hall–Kier alpha value is -1.68. The predicted molar refractivity (Wildman–Crippen MR) is 82.3 cm³/mol. The van der Waals surface area contributed by atoms with E-state index in [4.69, 9.17) is 4.74 Å². The van der Waals surface area contributed by atoms with Gasteiger partial charge in [-0.25, -0.2) is 4.98 Å². The van der Waals surface area contributed by atoms with Crippen LogP contribution in [0.5, 0.6) is 0 Å². The molecular weight excluding hydrogens is 264 g/mol. The fraction of sp³-hybridized carbons (Fsp3) is 0.529. The molecule has 21 heavy (non-hydrogen) atoms. The molecule has 4 nitrogen and oxygen atoms in total. The minimum absolute atomic E-state index is 0.181. The maximum Gasteiger partial charge on any atom is 0.172 e. The summed E-state index contributed by atoms with van der Waals surface area (Å²) in [6.07, 6.45) is 4.21. The van der Waals surface area contributed by atoms with E-state index in [9.17, 15) is 4.79 Å². The van der Waals surface area contributed by atoms with Crippen LogP contribution in [-0.4, -0.2) is 27.5 Å². The Balaban J connectivity index is 1.87. The van der Waals surface area contributed by atoms with Gasteiger partial charge >= 0.3 is 0 Å². The minimum atomic E-state index is -0.563. The van der Waals surface area contributed by atoms with E-state index in [0.29, 0.717) is 13.0 Å². The number of ketones is 1. The van der Waals surface area contributed by atoms with Crippen LogP contribution in [0.3, 0.4) is 0 Å². The fourth-order valence-corrected chi connectivity index (χ4v) is 3.38. The molecule has 2 aromatic rings. The highest BCUT2D eigenvalue weighted by atomic mass is 16.5. The summed E-state index contributed by atoms with van der Waals surface area (Å²) < 4.78 is 7.87. The highest BCUT2D eigenvalue weighted by Crippen LogP contribution is 2.35. The summed E-state index contributed by atoms with van der Waals surface area (Å²) in [7, 11) is 1.97. The minimum Gasteiger partial charge on any atom is -0.367 e. The Bertz CT molecular complexity index is 654. The standard InChI is InChI=1S/C17H22N2O2/c1-3-21-17(10-6-7-11-17)15(20)12-16-18-13-8-4-5-9-14(13)19(16)2/h4-5,8-9H,3,6-7,10-12H2,1-2H3. The molecule has 0 unspecified atom stereocenters. The van der Waals surface area contributed by atoms with Crippen LogP contribution >= 0.6 is 0 Å². The third-order valence-electron chi connectivity index (χ3n) is 4.54. The second kappa shape index (κ2) is 5.60. The van der Waals surface area contributed by atoms with Crippen LogP contribution in [0.2, 0.25) is 0 Å². The highest BCUT2D eigenvalue weighted by Gasteiger charge is 2.41. The number of Topliss-reactive ketones (excluding diaryl/α,β-unsaturated/α-hetero) is 1. The fourth-order valence-electron chi connectivity index (χ4n) is 3.38. The summed E-state index contributed by atoms with van der Waals surface area (Å²) in [6.45, 7) is 2.55. The number of imidazole rings is 1. The molecule has 0 N–H and O–H groups in total. The molecule has 112 valence electrons. The number of hydrogen-bond donors (Lipinski definition) is 0. The third-order valence-corrected chi connectivity index (χ3v) is 4.54. The first kappa shape index (κ1) is 14.3. The molecule has 0 bridgehead atoms. The lowest BCUT2D eigenvalue weighted by Gasteiger charge is -2.27. The van der Waals surface area contributed by atoms with Crippen molar-refractivity contribution in [3.8, 4) is 0 Å². The average molecular weight is 286 g/mol. The zero-order chi connectivity index (χ0) is 14.9. The van der Waals surface area contributed by atoms with E-state index in [2.05, 4.69) is 4.98 Å². The molecule has 1 fully saturated rings. The number of rotatable bonds is 5. The van der Waals surface area contributed by atoms with Gasteiger partial charge in [0.1, 0.15) is 11.4 Å². The first-order valence-electron chi connectivity index (χ1n) is 7.74. The molecule has 0 spiro atoms. The number of carbonyl (C=O) groups excluding carboxylic acids is 1. The van der Waals surface area contributed by atoms with E-state index in [1.54, 1.807) is 0 Å². The normalized spacial score (nSPS) is 17.4. The summed E-state index contributed by atoms with van der Waals surface area (Å²) in [5.74, 6) is 1.01. The van der Waals surface area contributed by atoms with Crippen molar-refractivity contribution in [3.63, 3.8) is 0 Å². The third kappa shape index (κ3) is 2.48. The number of fused-ring (bicyclic) bond motifs is 1. The van der Waals surface area contributed by atoms with Crippen LogP contribution < -0.4 is 0 Å². The summed E-state index contributed by atoms with van der Waals surface area (Å²) in [4.78, 5) is 17.4. The van der Waals surface area contributed by atoms with Crippen molar-refractivity contribution >= 4 is 16.8 Å². The zero-order valence-electron chi connectivity index (χ0n) is 12.8. The summed E-state index contributed by atoms with van der Waals surface area (Å²) in [5.41, 5.74) is 1.45. The lowest BCUT2D eigenvalue weighted by Crippen LogP contribution is -2.40. The van der Waals surface area contributed by atoms with Gasteiger partial charge in [-0.3, -0.25) is 4.79 Å². The summed E-state index contributed by atoms with van der Waals surface area (Å²) >= 11 is 0. The van der Waals surface area contributed by atoms with Crippen molar-refractivity contribution < 1.29 is 9.53 Å². The molecule has 1 aliphatic rings. The van der Waals surface area contributed by atoms with Crippen molar-refractivity contribution in [1.82, 2.24) is 9.55 Å². The molecule has 0 amide bonds. The van der Waals surface area contributed by atoms with Crippen molar-refractivity contribution in [3.05, 3.63) is 30.1 Å². The van der Waals surface area contributed by atoms with Gasteiger partial charge in [-0.05, 0) is 44.7 Å². The van der Waals surface area contributed by atoms with Crippen LogP contribution in [0.15, 0.2) is 24.3 Å². The number of ether oxygens (including phenoxy) is 1. The number of carbonyl (C=O) groups is 1. The number of aromatic nitrogens is 2. The molecule has 1 aromatic carbocycles. The van der Waals surface area contributed by atoms with Gasteiger partial charge in [-0.1, -0.05) is 12.1 Å². The Kier molecular flexibility index (Phi) is 3.81. The Morgan fingerprint density at radius 3 is 2.71 bits per heavy atom. The Morgan fingerprint density at radius 1 is 1.33 bits per heavy atom. The van der Waals surface area contributed by atoms with Crippen LogP contribution in [0.4, 0.5) is 0 Å². The number of benzene rings is 1. The van der Waals surface area contributed by atoms with E-state index in [-0.39, 0.29) is 5.78 Å². The summed E-state index contributed by atoms with van der Waals surface area (Å²) in [6, 6.07) is 7.98. The van der Waals surface area contributed by atoms with E-state index >= 15 is 0 Å². The van der Waals surface area contributed by atoms with E-state index in [1.807, 2.05) is 42.8 Å². The Labute approximate surface area is 125 Å². The second-order valence-corrected chi connectivity index (χ2v) is 5.81. The van der Waals surface area contributed by atoms with E-state index in [1.165, 1.54) is 0 Å². The Morgan fingerprint density at radius 2 is 2.05 bits per heavy atom. The van der Waals surface area contributed by atoms with Gasteiger partial charge in [0.15, 0.2) is 5.78 Å². The van der Waals surface area contributed by atoms with Gasteiger partial charge in [-0.15, -0.1) is 0 Å². The van der Waals surface area contributed by atoms with Crippen molar-refractivity contribution in [2.45, 2.75) is 44.6 Å². The lowest BCUT2D eigenvalue weighted by molar-refractivity contribution is -0.143. The topological polar surface area (TPSA) is 44.1 Å². The van der Waals surface area contributed by atoms with Crippen LogP contribution in [0.1, 0.15) is 38.4 Å². The summed E-state index contributed by atoms with van der Waals surface area (Å²) in [5, 5.41) is 0. The zero-order valence-corrected chi connectivity index (χ0v) is 12.8. The largest absolute Gasteiger partial charge is 0.367 e. The maximum atomic E-state index is 12.8. The number of aryl methyl sites for hydroxylation is 1. The second-order valence-electron chi connectivity index (χ2n) is 5.81. The van der Waals surface area contributed by atoms with Gasteiger partial charge in [0.2, 0.25) is 0 Å². The molecule has 4 heteroatoms. The molecule has 1 heterocycles. The van der Waals surface area contributed by atoms with Crippen molar-refractivity contribution in [1.29, 1.82) is 0 Å². The molecule has 0 atom stereocenters. The van der Waals surface area contributed by atoms with Gasteiger partial charge in [0.25, 0.3) is 0 Å². The van der Waals surface area contributed by atoms with Gasteiger partial charge < -0.3 is 9.30 Å². The predicted octanol–water partition coefficient (Wildman–Crippen LogP) is 3.03. The first-order valence-corrected chi connectivity index (χ1v) is 7.74. The molecule has 1 saturated carbocycles.